The van der Waals surface area contributed by atoms with Crippen LogP contribution in [0.4, 0.5) is 4.79 Å². The van der Waals surface area contributed by atoms with E-state index >= 15 is 4.79 Å². The Morgan fingerprint density at radius 2 is 0.815 bits per heavy atom. The van der Waals surface area contributed by atoms with Gasteiger partial charge in [-0.25, -0.2) is 4.79 Å². The molecule has 0 aromatic heterocycles. The minimum atomic E-state index is -1.84. The molecule has 2 amide bonds. The maximum absolute atomic E-state index is 15.1. The molecule has 16 heteroatoms. The van der Waals surface area contributed by atoms with Crippen LogP contribution in [0, 0.1) is 5.92 Å². The molecular formula is C92H132Cl2N2O10Si2. The van der Waals surface area contributed by atoms with Crippen molar-refractivity contribution in [2.45, 2.75) is 295 Å². The van der Waals surface area contributed by atoms with Crippen LogP contribution in [0.2, 0.25) is 43.3 Å². The van der Waals surface area contributed by atoms with E-state index in [9.17, 15) is 14.4 Å². The van der Waals surface area contributed by atoms with Gasteiger partial charge in [0.1, 0.15) is 24.1 Å². The van der Waals surface area contributed by atoms with E-state index in [0.29, 0.717) is 84.7 Å². The summed E-state index contributed by atoms with van der Waals surface area (Å²) in [4.78, 5) is 58.5. The average Bonchev–Trinajstić information content (AvgIpc) is 0.892. The summed E-state index contributed by atoms with van der Waals surface area (Å²) in [7, 11) is -3.68. The van der Waals surface area contributed by atoms with Crippen LogP contribution in [0.15, 0.2) is 146 Å². The number of amides is 2. The summed E-state index contributed by atoms with van der Waals surface area (Å²) in [6.07, 6.45) is 19.4. The first-order valence-electron chi connectivity index (χ1n) is 41.2. The molecule has 0 unspecified atom stereocenters. The highest BCUT2D eigenvalue weighted by molar-refractivity contribution is 6.78. The van der Waals surface area contributed by atoms with Gasteiger partial charge in [0.2, 0.25) is 5.91 Å². The summed E-state index contributed by atoms with van der Waals surface area (Å²) in [5, 5.41) is 6.85. The Labute approximate surface area is 662 Å². The molecule has 7 rings (SSSR count). The zero-order valence-electron chi connectivity index (χ0n) is 68.1. The van der Waals surface area contributed by atoms with Gasteiger partial charge in [-0.1, -0.05) is 313 Å². The molecule has 0 radical (unpaired) electrons. The maximum Gasteiger partial charge on any atom is 0.407 e. The van der Waals surface area contributed by atoms with Gasteiger partial charge in [0.25, 0.3) is 0 Å². The van der Waals surface area contributed by atoms with Crippen molar-refractivity contribution < 1.29 is 47.0 Å². The largest absolute Gasteiger partial charge is 0.493 e. The van der Waals surface area contributed by atoms with Crippen molar-refractivity contribution in [1.29, 1.82) is 0 Å². The second-order valence-electron chi connectivity index (χ2n) is 32.6. The van der Waals surface area contributed by atoms with Gasteiger partial charge >= 0.3 is 12.1 Å². The number of rotatable bonds is 51. The van der Waals surface area contributed by atoms with Crippen LogP contribution >= 0.6 is 23.2 Å². The quantitative estimate of drug-likeness (QED) is 0.0164. The number of unbranched alkanes of at least 4 members (excludes halogenated alkanes) is 16. The number of esters is 1. The Bertz CT molecular complexity index is 3450. The lowest BCUT2D eigenvalue weighted by atomic mass is 9.79. The number of halogens is 2. The van der Waals surface area contributed by atoms with E-state index in [0.717, 1.165) is 92.4 Å². The van der Waals surface area contributed by atoms with Crippen LogP contribution in [0.3, 0.4) is 0 Å². The number of ketones is 1. The van der Waals surface area contributed by atoms with Crippen LogP contribution in [0.5, 0.6) is 11.5 Å². The lowest BCUT2D eigenvalue weighted by Gasteiger charge is -2.42. The summed E-state index contributed by atoms with van der Waals surface area (Å²) in [5.41, 5.74) is 8.84. The van der Waals surface area contributed by atoms with Crippen molar-refractivity contribution >= 4 is 63.6 Å². The molecule has 2 N–H and O–H groups in total. The van der Waals surface area contributed by atoms with Gasteiger partial charge in [0.15, 0.2) is 28.0 Å². The van der Waals surface area contributed by atoms with Crippen LogP contribution in [0.1, 0.15) is 271 Å². The lowest BCUT2D eigenvalue weighted by Crippen LogP contribution is -2.53. The van der Waals surface area contributed by atoms with Gasteiger partial charge in [-0.2, -0.15) is 0 Å². The van der Waals surface area contributed by atoms with Gasteiger partial charge in [0, 0.05) is 64.8 Å². The lowest BCUT2D eigenvalue weighted by molar-refractivity contribution is -0.154. The molecule has 108 heavy (non-hydrogen) atoms. The number of ether oxygens (including phenoxy) is 4. The SMILES string of the molecule is CC(C)C[C@H](NC(=O)[C@H](Cc1ccccc1)NC(=O)OCC1c2ccccc2-c2ccccc21)C(=O)CCC(=O)OC(c1ccc(Cl)cc1)(c1ccc(Cl)cc1)c1cc(OCCCCCCCCCCCO[Si](C(C)C)(C(C)C)C(C)C)cc(OCCCCCCCCCCCO[Si](C(C)C)(C(C)C)C(C)C)c1. The predicted octanol–water partition coefficient (Wildman–Crippen LogP) is 25.0. The average molecular weight is 1550 g/mol. The smallest absolute Gasteiger partial charge is 0.407 e. The number of benzene rings is 6. The van der Waals surface area contributed by atoms with Crippen LogP contribution in [-0.4, -0.2) is 85.5 Å². The maximum atomic E-state index is 15.1. The Morgan fingerprint density at radius 3 is 1.22 bits per heavy atom. The van der Waals surface area contributed by atoms with E-state index in [4.69, 9.17) is 51.0 Å². The van der Waals surface area contributed by atoms with Crippen molar-refractivity contribution in [3.8, 4) is 22.6 Å². The topological polar surface area (TPSA) is 148 Å². The highest BCUT2D eigenvalue weighted by Crippen LogP contribution is 2.48. The first-order chi connectivity index (χ1) is 51.8. The van der Waals surface area contributed by atoms with Crippen molar-refractivity contribution in [3.05, 3.63) is 189 Å². The monoisotopic (exact) mass is 1550 g/mol. The summed E-state index contributed by atoms with van der Waals surface area (Å²) < 4.78 is 40.0. The molecule has 12 nitrogen and oxygen atoms in total. The summed E-state index contributed by atoms with van der Waals surface area (Å²) in [5.74, 6) is -0.665. The number of carbonyl (C=O) groups excluding carboxylic acids is 4. The van der Waals surface area contributed by atoms with Gasteiger partial charge in [-0.3, -0.25) is 14.4 Å². The van der Waals surface area contributed by atoms with E-state index in [1.165, 1.54) is 64.2 Å². The zero-order valence-corrected chi connectivity index (χ0v) is 71.6. The molecule has 0 saturated carbocycles. The Balaban J connectivity index is 1.04. The third-order valence-corrected chi connectivity index (χ3v) is 35.3. The standard InChI is InChI=1S/C92H132Cl2N2O10Si2/c1-66(2)60-86(95-90(99)87(61-73-40-30-29-31-41-73)96-91(100)103-65-85-83-44-34-32-42-81(83)82-43-33-35-45-84(82)85)88(97)54-55-89(98)106-92(74-46-50-77(93)51-47-74,75-48-52-78(94)53-49-75)76-62-79(101-56-36-25-21-17-15-19-23-27-38-58-104-107(67(3)4,68(5)6)69(7)8)64-80(63-76)102-57-37-26-22-18-16-20-24-28-39-59-105-108(70(9)10,71(11)12)72(13)14/h29-35,40-53,62-64,66-72,85-87H,15-28,36-39,54-61,65H2,1-14H3,(H,95,99)(H,96,100)/t86-,87-/m0/s1. The van der Waals surface area contributed by atoms with Crippen molar-refractivity contribution in [2.75, 3.05) is 33.0 Å². The number of fused-ring (bicyclic) bond motifs is 3. The van der Waals surface area contributed by atoms with E-state index < -0.39 is 52.3 Å². The van der Waals surface area contributed by atoms with Crippen LogP contribution in [0.25, 0.3) is 11.1 Å². The molecule has 592 valence electrons. The van der Waals surface area contributed by atoms with Gasteiger partial charge in [-0.15, -0.1) is 0 Å². The van der Waals surface area contributed by atoms with Gasteiger partial charge in [-0.05, 0) is 135 Å². The highest BCUT2D eigenvalue weighted by atomic mass is 35.5. The fraction of sp³-hybridized carbons (Fsp3) is 0.565. The van der Waals surface area contributed by atoms with Crippen molar-refractivity contribution in [2.24, 2.45) is 5.92 Å². The Kier molecular flexibility index (Phi) is 37.3. The number of nitrogens with one attached hydrogen (secondary N) is 2. The summed E-state index contributed by atoms with van der Waals surface area (Å²) >= 11 is 13.3. The zero-order chi connectivity index (χ0) is 78.2. The number of hydrogen-bond acceptors (Lipinski definition) is 10. The fourth-order valence-corrected chi connectivity index (χ4v) is 28.5. The summed E-state index contributed by atoms with van der Waals surface area (Å²) in [6, 6.07) is 43.8. The minimum absolute atomic E-state index is 0.0340. The van der Waals surface area contributed by atoms with Crippen LogP contribution < -0.4 is 20.1 Å². The first-order valence-corrected chi connectivity index (χ1v) is 46.3. The molecule has 1 aliphatic carbocycles. The number of hydrogen-bond donors (Lipinski definition) is 2. The molecule has 0 heterocycles. The second-order valence-corrected chi connectivity index (χ2v) is 44.4. The molecule has 6 aromatic carbocycles. The van der Waals surface area contributed by atoms with E-state index in [2.05, 4.69) is 118 Å². The molecule has 6 aromatic rings. The van der Waals surface area contributed by atoms with Gasteiger partial charge < -0.3 is 38.4 Å². The Hall–Kier alpha value is -6.27. The number of carbonyl (C=O) groups is 4. The molecule has 0 saturated heterocycles. The van der Waals surface area contributed by atoms with Gasteiger partial charge in [0.05, 0.1) is 25.7 Å². The second kappa shape index (κ2) is 45.3. The first kappa shape index (κ1) is 88.9. The van der Waals surface area contributed by atoms with Crippen molar-refractivity contribution in [3.63, 3.8) is 0 Å². The molecule has 0 bridgehead atoms. The van der Waals surface area contributed by atoms with Crippen molar-refractivity contribution in [1.82, 2.24) is 10.6 Å². The predicted molar refractivity (Wildman–Crippen MR) is 451 cm³/mol. The normalized spacial score (nSPS) is 13.2. The molecule has 0 fully saturated rings. The number of alkyl carbamates (subject to hydrolysis) is 1. The Morgan fingerprint density at radius 1 is 0.426 bits per heavy atom. The van der Waals surface area contributed by atoms with E-state index in [1.807, 2.05) is 111 Å². The molecule has 0 spiro atoms. The fourth-order valence-electron chi connectivity index (χ4n) is 17.2. The van der Waals surface area contributed by atoms with E-state index in [1.54, 1.807) is 24.3 Å². The van der Waals surface area contributed by atoms with Crippen LogP contribution in [-0.2, 0) is 44.7 Å². The molecular weight excluding hydrogens is 1420 g/mol. The molecule has 2 atom stereocenters. The summed E-state index contributed by atoms with van der Waals surface area (Å²) in [6.45, 7) is 35.0. The molecule has 1 aliphatic rings. The minimum Gasteiger partial charge on any atom is -0.493 e. The third-order valence-electron chi connectivity index (χ3n) is 22.5. The number of Topliss-reactive ketones (excluding diaryl/α,β-unsaturated/α-hetero) is 1. The molecule has 0 aliphatic heterocycles. The third kappa shape index (κ3) is 25.6. The highest BCUT2D eigenvalue weighted by Gasteiger charge is 2.47. The van der Waals surface area contributed by atoms with E-state index in [-0.39, 0.29) is 49.9 Å².